The Morgan fingerprint density at radius 3 is 2.77 bits per heavy atom. The molecule has 0 bridgehead atoms. The lowest BCUT2D eigenvalue weighted by Crippen LogP contribution is -2.42. The number of hydrogen-bond acceptors (Lipinski definition) is 4. The summed E-state index contributed by atoms with van der Waals surface area (Å²) >= 11 is 0. The van der Waals surface area contributed by atoms with E-state index in [4.69, 9.17) is 4.74 Å². The van der Waals surface area contributed by atoms with Gasteiger partial charge in [0.05, 0.1) is 6.54 Å². The molecule has 0 aromatic carbocycles. The summed E-state index contributed by atoms with van der Waals surface area (Å²) in [5, 5.41) is 0. The predicted molar refractivity (Wildman–Crippen MR) is 87.5 cm³/mol. The van der Waals surface area contributed by atoms with Crippen molar-refractivity contribution in [2.45, 2.75) is 26.4 Å². The number of rotatable bonds is 5. The highest BCUT2D eigenvalue weighted by molar-refractivity contribution is 5.74. The molecule has 0 N–H and O–H groups in total. The Morgan fingerprint density at radius 2 is 2.14 bits per heavy atom. The van der Waals surface area contributed by atoms with Gasteiger partial charge in [0, 0.05) is 46.3 Å². The van der Waals surface area contributed by atoms with Crippen molar-refractivity contribution in [3.63, 3.8) is 0 Å². The Kier molecular flexibility index (Phi) is 5.46. The summed E-state index contributed by atoms with van der Waals surface area (Å²) in [6, 6.07) is 3.91. The molecule has 0 unspecified atom stereocenters. The number of pyridine rings is 1. The first-order valence-corrected chi connectivity index (χ1v) is 7.89. The van der Waals surface area contributed by atoms with E-state index >= 15 is 0 Å². The second-order valence-electron chi connectivity index (χ2n) is 5.65. The highest BCUT2D eigenvalue weighted by Gasteiger charge is 2.30. The van der Waals surface area contributed by atoms with Crippen LogP contribution >= 0.6 is 0 Å². The smallest absolute Gasteiger partial charge is 0.320 e. The SMILES string of the molecule is CCN(CC)C(=O)N1CC[C@H](Oc2cccnc2N(C)C)C1. The normalized spacial score (nSPS) is 17.5. The van der Waals surface area contributed by atoms with E-state index in [-0.39, 0.29) is 12.1 Å². The summed E-state index contributed by atoms with van der Waals surface area (Å²) in [7, 11) is 3.89. The van der Waals surface area contributed by atoms with Crippen molar-refractivity contribution in [3.05, 3.63) is 18.3 Å². The number of amides is 2. The maximum atomic E-state index is 12.4. The van der Waals surface area contributed by atoms with Gasteiger partial charge in [0.15, 0.2) is 11.6 Å². The highest BCUT2D eigenvalue weighted by Crippen LogP contribution is 2.26. The Morgan fingerprint density at radius 1 is 1.41 bits per heavy atom. The number of carbonyl (C=O) groups is 1. The zero-order valence-electron chi connectivity index (χ0n) is 14.0. The number of aromatic nitrogens is 1. The lowest BCUT2D eigenvalue weighted by Gasteiger charge is -2.26. The molecule has 0 saturated carbocycles. The first-order valence-electron chi connectivity index (χ1n) is 7.89. The van der Waals surface area contributed by atoms with Gasteiger partial charge in [-0.25, -0.2) is 9.78 Å². The maximum absolute atomic E-state index is 12.4. The molecule has 22 heavy (non-hydrogen) atoms. The van der Waals surface area contributed by atoms with Gasteiger partial charge in [0.1, 0.15) is 6.10 Å². The van der Waals surface area contributed by atoms with Crippen molar-refractivity contribution >= 4 is 11.8 Å². The molecule has 1 saturated heterocycles. The van der Waals surface area contributed by atoms with Crippen molar-refractivity contribution in [1.29, 1.82) is 0 Å². The molecule has 0 aliphatic carbocycles. The molecule has 0 spiro atoms. The first-order chi connectivity index (χ1) is 10.6. The van der Waals surface area contributed by atoms with Crippen LogP contribution in [0.1, 0.15) is 20.3 Å². The summed E-state index contributed by atoms with van der Waals surface area (Å²) < 4.78 is 6.08. The van der Waals surface area contributed by atoms with E-state index in [1.165, 1.54) is 0 Å². The second-order valence-corrected chi connectivity index (χ2v) is 5.65. The van der Waals surface area contributed by atoms with E-state index in [1.807, 2.05) is 54.8 Å². The van der Waals surface area contributed by atoms with E-state index in [0.717, 1.165) is 37.6 Å². The summed E-state index contributed by atoms with van der Waals surface area (Å²) in [5.41, 5.74) is 0. The van der Waals surface area contributed by atoms with Crippen LogP contribution in [0.3, 0.4) is 0 Å². The standard InChI is InChI=1S/C16H26N4O2/c1-5-19(6-2)16(21)20-11-9-13(12-20)22-14-8-7-10-17-15(14)18(3)4/h7-8,10,13H,5-6,9,11-12H2,1-4H3/t13-/m0/s1. The minimum Gasteiger partial charge on any atom is -0.485 e. The Hall–Kier alpha value is -1.98. The number of carbonyl (C=O) groups excluding carboxylic acids is 1. The number of nitrogens with zero attached hydrogens (tertiary/aromatic N) is 4. The van der Waals surface area contributed by atoms with E-state index in [0.29, 0.717) is 6.54 Å². The van der Waals surface area contributed by atoms with E-state index in [2.05, 4.69) is 4.98 Å². The topological polar surface area (TPSA) is 48.9 Å². The molecule has 1 fully saturated rings. The van der Waals surface area contributed by atoms with Gasteiger partial charge in [0.25, 0.3) is 0 Å². The minimum absolute atomic E-state index is 0.0300. The van der Waals surface area contributed by atoms with E-state index in [9.17, 15) is 4.79 Å². The molecule has 0 radical (unpaired) electrons. The van der Waals surface area contributed by atoms with Crippen molar-refractivity contribution in [3.8, 4) is 5.75 Å². The molecule has 6 heteroatoms. The zero-order chi connectivity index (χ0) is 16.1. The van der Waals surface area contributed by atoms with Gasteiger partial charge >= 0.3 is 6.03 Å². The lowest BCUT2D eigenvalue weighted by molar-refractivity contribution is 0.156. The molecule has 2 heterocycles. The summed E-state index contributed by atoms with van der Waals surface area (Å²) in [4.78, 5) is 22.4. The predicted octanol–water partition coefficient (Wildman–Crippen LogP) is 2.06. The monoisotopic (exact) mass is 306 g/mol. The average Bonchev–Trinajstić information content (AvgIpc) is 2.97. The number of ether oxygens (including phenoxy) is 1. The van der Waals surface area contributed by atoms with Crippen molar-refractivity contribution in [2.75, 3.05) is 45.2 Å². The van der Waals surface area contributed by atoms with E-state index < -0.39 is 0 Å². The van der Waals surface area contributed by atoms with Crippen LogP contribution in [0.4, 0.5) is 10.6 Å². The van der Waals surface area contributed by atoms with Gasteiger partial charge in [-0.1, -0.05) is 0 Å². The number of hydrogen-bond donors (Lipinski definition) is 0. The summed E-state index contributed by atoms with van der Waals surface area (Å²) in [5.74, 6) is 1.59. The van der Waals surface area contributed by atoms with Crippen LogP contribution in [0.25, 0.3) is 0 Å². The maximum Gasteiger partial charge on any atom is 0.320 e. The van der Waals surface area contributed by atoms with Crippen LogP contribution in [-0.2, 0) is 0 Å². The molecule has 122 valence electrons. The van der Waals surface area contributed by atoms with Crippen molar-refractivity contribution in [1.82, 2.24) is 14.8 Å². The van der Waals surface area contributed by atoms with Crippen molar-refractivity contribution in [2.24, 2.45) is 0 Å². The van der Waals surface area contributed by atoms with Crippen LogP contribution in [0, 0.1) is 0 Å². The van der Waals surface area contributed by atoms with Gasteiger partial charge in [-0.15, -0.1) is 0 Å². The molecule has 1 aliphatic heterocycles. The lowest BCUT2D eigenvalue weighted by atomic mass is 10.3. The van der Waals surface area contributed by atoms with Gasteiger partial charge in [-0.2, -0.15) is 0 Å². The molecular weight excluding hydrogens is 280 g/mol. The molecule has 1 atom stereocenters. The minimum atomic E-state index is 0.0300. The van der Waals surface area contributed by atoms with Crippen LogP contribution in [0.15, 0.2) is 18.3 Å². The average molecular weight is 306 g/mol. The second kappa shape index (κ2) is 7.33. The molecule has 1 aliphatic rings. The molecule has 1 aromatic heterocycles. The van der Waals surface area contributed by atoms with Crippen LogP contribution in [0.5, 0.6) is 5.75 Å². The summed E-state index contributed by atoms with van der Waals surface area (Å²) in [6.07, 6.45) is 2.64. The number of anilines is 1. The molecule has 2 rings (SSSR count). The largest absolute Gasteiger partial charge is 0.485 e. The Balaban J connectivity index is 1.98. The highest BCUT2D eigenvalue weighted by atomic mass is 16.5. The molecule has 1 aromatic rings. The third-order valence-corrected chi connectivity index (χ3v) is 3.92. The third kappa shape index (κ3) is 3.61. The molecule has 6 nitrogen and oxygen atoms in total. The van der Waals surface area contributed by atoms with Gasteiger partial charge in [-0.05, 0) is 26.0 Å². The van der Waals surface area contributed by atoms with E-state index in [1.54, 1.807) is 6.20 Å². The van der Waals surface area contributed by atoms with Gasteiger partial charge in [-0.3, -0.25) is 0 Å². The van der Waals surface area contributed by atoms with Gasteiger partial charge in [0.2, 0.25) is 0 Å². The third-order valence-electron chi connectivity index (χ3n) is 3.92. The molecule has 2 amide bonds. The van der Waals surface area contributed by atoms with Crippen LogP contribution in [-0.4, -0.2) is 67.2 Å². The van der Waals surface area contributed by atoms with Gasteiger partial charge < -0.3 is 19.4 Å². The zero-order valence-corrected chi connectivity index (χ0v) is 14.0. The van der Waals surface area contributed by atoms with Crippen molar-refractivity contribution < 1.29 is 9.53 Å². The fourth-order valence-electron chi connectivity index (χ4n) is 2.68. The first kappa shape index (κ1) is 16.4. The fraction of sp³-hybridized carbons (Fsp3) is 0.625. The Bertz CT molecular complexity index is 503. The molecular formula is C16H26N4O2. The fourth-order valence-corrected chi connectivity index (χ4v) is 2.68. The number of likely N-dealkylation sites (tertiary alicyclic amines) is 1. The van der Waals surface area contributed by atoms with Crippen LogP contribution < -0.4 is 9.64 Å². The quantitative estimate of drug-likeness (QED) is 0.835. The van der Waals surface area contributed by atoms with Crippen LogP contribution in [0.2, 0.25) is 0 Å². The summed E-state index contributed by atoms with van der Waals surface area (Å²) in [6.45, 7) is 6.87. The Labute approximate surface area is 132 Å². The number of urea groups is 1.